The molecule has 0 aromatic heterocycles. The third kappa shape index (κ3) is 4.32. The molecule has 0 saturated heterocycles. The molecule has 9 heteroatoms. The molecule has 0 unspecified atom stereocenters. The predicted octanol–water partition coefficient (Wildman–Crippen LogP) is 4.22. The normalized spacial score (nSPS) is 17.2. The van der Waals surface area contributed by atoms with Crippen LogP contribution in [-0.2, 0) is 16.1 Å². The molecule has 2 N–H and O–H groups in total. The average Bonchev–Trinajstić information content (AvgIpc) is 3.17. The summed E-state index contributed by atoms with van der Waals surface area (Å²) in [5.41, 5.74) is 8.94. The second kappa shape index (κ2) is 9.93. The molecule has 2 heterocycles. The first-order valence-electron chi connectivity index (χ1n) is 10.7. The van der Waals surface area contributed by atoms with Crippen LogP contribution in [0, 0.1) is 11.3 Å². The van der Waals surface area contributed by atoms with E-state index in [1.165, 1.54) is 11.8 Å². The number of allylic oxidation sites excluding steroid dienone is 2. The van der Waals surface area contributed by atoms with E-state index in [4.69, 9.17) is 19.9 Å². The van der Waals surface area contributed by atoms with E-state index >= 15 is 0 Å². The SMILES string of the molecule is CCOC(=O)C1=C(C)N=C2SC(C#N)=C(N)N2[C@@H]1c1ccc(OCc2ccccc2)c(OC)c1. The number of ether oxygens (including phenoxy) is 3. The van der Waals surface area contributed by atoms with Crippen LogP contribution < -0.4 is 15.2 Å². The molecule has 0 spiro atoms. The second-order valence-corrected chi connectivity index (χ2v) is 8.48. The molecule has 2 aromatic carbocycles. The number of carbonyl (C=O) groups excluding carboxylic acids is 1. The van der Waals surface area contributed by atoms with E-state index in [0.29, 0.717) is 39.4 Å². The number of fused-ring (bicyclic) bond motifs is 1. The van der Waals surface area contributed by atoms with Crippen molar-refractivity contribution in [2.24, 2.45) is 10.7 Å². The van der Waals surface area contributed by atoms with Crippen LogP contribution in [-0.4, -0.2) is 29.8 Å². The molecule has 4 rings (SSSR count). The third-order valence-corrected chi connectivity index (χ3v) is 6.39. The maximum Gasteiger partial charge on any atom is 0.338 e. The number of hydrogen-bond acceptors (Lipinski definition) is 9. The number of nitrogens with two attached hydrogens (primary N) is 1. The summed E-state index contributed by atoms with van der Waals surface area (Å²) in [5.74, 6) is 0.830. The van der Waals surface area contributed by atoms with Crippen molar-refractivity contribution in [2.75, 3.05) is 13.7 Å². The highest BCUT2D eigenvalue weighted by Gasteiger charge is 2.42. The summed E-state index contributed by atoms with van der Waals surface area (Å²) in [5, 5.41) is 10.0. The lowest BCUT2D eigenvalue weighted by atomic mass is 9.94. The maximum atomic E-state index is 13.0. The molecular formula is C25H24N4O4S. The lowest BCUT2D eigenvalue weighted by molar-refractivity contribution is -0.139. The monoisotopic (exact) mass is 476 g/mol. The quantitative estimate of drug-likeness (QED) is 0.592. The van der Waals surface area contributed by atoms with Crippen molar-refractivity contribution in [3.8, 4) is 17.6 Å². The highest BCUT2D eigenvalue weighted by atomic mass is 32.2. The van der Waals surface area contributed by atoms with Crippen LogP contribution >= 0.6 is 11.8 Å². The zero-order valence-corrected chi connectivity index (χ0v) is 19.9. The third-order valence-electron chi connectivity index (χ3n) is 5.41. The van der Waals surface area contributed by atoms with Crippen molar-refractivity contribution in [3.05, 3.63) is 81.7 Å². The van der Waals surface area contributed by atoms with Crippen LogP contribution in [0.2, 0.25) is 0 Å². The molecule has 0 bridgehead atoms. The van der Waals surface area contributed by atoms with Gasteiger partial charge in [-0.05, 0) is 48.9 Å². The molecular weight excluding hydrogens is 452 g/mol. The summed E-state index contributed by atoms with van der Waals surface area (Å²) in [6.45, 7) is 4.10. The Morgan fingerprint density at radius 2 is 2.00 bits per heavy atom. The van der Waals surface area contributed by atoms with Crippen LogP contribution in [0.3, 0.4) is 0 Å². The summed E-state index contributed by atoms with van der Waals surface area (Å²) in [6, 6.07) is 16.7. The maximum absolute atomic E-state index is 13.0. The van der Waals surface area contributed by atoms with Gasteiger partial charge in [0.2, 0.25) is 0 Å². The Morgan fingerprint density at radius 1 is 1.24 bits per heavy atom. The van der Waals surface area contributed by atoms with E-state index in [2.05, 4.69) is 11.1 Å². The van der Waals surface area contributed by atoms with E-state index in [0.717, 1.165) is 11.1 Å². The topological polar surface area (TPSA) is 110 Å². The zero-order valence-electron chi connectivity index (χ0n) is 19.1. The van der Waals surface area contributed by atoms with Gasteiger partial charge in [-0.25, -0.2) is 9.79 Å². The lowest BCUT2D eigenvalue weighted by Gasteiger charge is -2.35. The Morgan fingerprint density at radius 3 is 2.68 bits per heavy atom. The van der Waals surface area contributed by atoms with Gasteiger partial charge in [0.05, 0.1) is 31.0 Å². The first-order valence-corrected chi connectivity index (χ1v) is 11.5. The number of esters is 1. The Balaban J connectivity index is 1.74. The van der Waals surface area contributed by atoms with Gasteiger partial charge < -0.3 is 19.9 Å². The van der Waals surface area contributed by atoms with Crippen molar-refractivity contribution in [3.63, 3.8) is 0 Å². The molecule has 2 aromatic rings. The molecule has 34 heavy (non-hydrogen) atoms. The highest BCUT2D eigenvalue weighted by Crippen LogP contribution is 2.46. The molecule has 2 aliphatic heterocycles. The Bertz CT molecular complexity index is 1250. The van der Waals surface area contributed by atoms with Crippen molar-refractivity contribution in [2.45, 2.75) is 26.5 Å². The van der Waals surface area contributed by atoms with E-state index in [1.807, 2.05) is 42.5 Å². The van der Waals surface area contributed by atoms with E-state index in [9.17, 15) is 10.1 Å². The van der Waals surface area contributed by atoms with Gasteiger partial charge in [0.1, 0.15) is 23.4 Å². The molecule has 0 aliphatic carbocycles. The smallest absolute Gasteiger partial charge is 0.338 e. The largest absolute Gasteiger partial charge is 0.493 e. The Kier molecular flexibility index (Phi) is 6.80. The molecule has 174 valence electrons. The summed E-state index contributed by atoms with van der Waals surface area (Å²) >= 11 is 1.18. The summed E-state index contributed by atoms with van der Waals surface area (Å²) in [4.78, 5) is 19.5. The molecule has 8 nitrogen and oxygen atoms in total. The van der Waals surface area contributed by atoms with E-state index in [-0.39, 0.29) is 12.4 Å². The number of thioether (sulfide) groups is 1. The highest BCUT2D eigenvalue weighted by molar-refractivity contribution is 8.17. The number of nitrogens with zero attached hydrogens (tertiary/aromatic N) is 3. The molecule has 1 atom stereocenters. The van der Waals surface area contributed by atoms with Gasteiger partial charge in [0.25, 0.3) is 0 Å². The van der Waals surface area contributed by atoms with Crippen molar-refractivity contribution < 1.29 is 19.0 Å². The van der Waals surface area contributed by atoms with Gasteiger partial charge in [-0.15, -0.1) is 0 Å². The van der Waals surface area contributed by atoms with Crippen LogP contribution in [0.4, 0.5) is 0 Å². The van der Waals surface area contributed by atoms with Gasteiger partial charge >= 0.3 is 5.97 Å². The van der Waals surface area contributed by atoms with Gasteiger partial charge in [-0.2, -0.15) is 5.26 Å². The van der Waals surface area contributed by atoms with E-state index in [1.54, 1.807) is 31.9 Å². The second-order valence-electron chi connectivity index (χ2n) is 7.50. The minimum absolute atomic E-state index is 0.220. The fourth-order valence-electron chi connectivity index (χ4n) is 3.83. The number of rotatable bonds is 7. The van der Waals surface area contributed by atoms with Crippen LogP contribution in [0.15, 0.2) is 75.5 Å². The number of methoxy groups -OCH3 is 1. The summed E-state index contributed by atoms with van der Waals surface area (Å²) < 4.78 is 16.9. The molecule has 2 aliphatic rings. The number of carbonyl (C=O) groups is 1. The fourth-order valence-corrected chi connectivity index (χ4v) is 4.75. The summed E-state index contributed by atoms with van der Waals surface area (Å²) in [7, 11) is 1.56. The van der Waals surface area contributed by atoms with Crippen molar-refractivity contribution in [1.82, 2.24) is 4.90 Å². The first kappa shape index (κ1) is 23.3. The Hall–Kier alpha value is -3.90. The first-order chi connectivity index (χ1) is 16.5. The fraction of sp³-hybridized carbons (Fsp3) is 0.240. The van der Waals surface area contributed by atoms with Gasteiger partial charge in [0.15, 0.2) is 16.7 Å². The van der Waals surface area contributed by atoms with E-state index < -0.39 is 12.0 Å². The number of hydrogen-bond donors (Lipinski definition) is 1. The molecule has 0 radical (unpaired) electrons. The molecule has 0 saturated carbocycles. The van der Waals surface area contributed by atoms with Crippen LogP contribution in [0.1, 0.15) is 31.0 Å². The van der Waals surface area contributed by atoms with Gasteiger partial charge in [-0.3, -0.25) is 4.90 Å². The number of nitriles is 1. The molecule has 0 fully saturated rings. The number of amidine groups is 1. The van der Waals surface area contributed by atoms with Crippen molar-refractivity contribution >= 4 is 22.9 Å². The Labute approximate surface area is 202 Å². The number of aliphatic imine (C=N–C) groups is 1. The minimum atomic E-state index is -0.637. The number of benzene rings is 2. The summed E-state index contributed by atoms with van der Waals surface area (Å²) in [6.07, 6.45) is 0. The van der Waals surface area contributed by atoms with Crippen LogP contribution in [0.25, 0.3) is 0 Å². The van der Waals surface area contributed by atoms with Crippen LogP contribution in [0.5, 0.6) is 11.5 Å². The van der Waals surface area contributed by atoms with Crippen molar-refractivity contribution in [1.29, 1.82) is 5.26 Å². The van der Waals surface area contributed by atoms with Gasteiger partial charge in [-0.1, -0.05) is 36.4 Å². The molecule has 0 amide bonds. The average molecular weight is 477 g/mol. The lowest BCUT2D eigenvalue weighted by Crippen LogP contribution is -2.38. The standard InChI is InChI=1S/C25H24N4O4S/c1-4-32-24(30)21-15(2)28-25-29(23(27)20(13-26)34-25)22(21)17-10-11-18(19(12-17)31-3)33-14-16-8-6-5-7-9-16/h5-12,22H,4,14,27H2,1-3H3/t22-/m1/s1. The van der Waals surface area contributed by atoms with Gasteiger partial charge in [0, 0.05) is 0 Å². The zero-order chi connectivity index (χ0) is 24.2. The predicted molar refractivity (Wildman–Crippen MR) is 130 cm³/mol. The minimum Gasteiger partial charge on any atom is -0.493 e.